The predicted octanol–water partition coefficient (Wildman–Crippen LogP) is 1.35. The van der Waals surface area contributed by atoms with E-state index < -0.39 is 64.0 Å². The lowest BCUT2D eigenvalue weighted by atomic mass is 10.0. The molecule has 1 aromatic heterocycles. The molecule has 9 nitrogen and oxygen atoms in total. The van der Waals surface area contributed by atoms with Gasteiger partial charge in [0.05, 0.1) is 12.1 Å². The van der Waals surface area contributed by atoms with Gasteiger partial charge in [0.15, 0.2) is 0 Å². The number of amides is 1. The molecule has 1 aliphatic heterocycles. The fraction of sp³-hybridized carbons (Fsp3) is 0.588. The molecule has 4 atom stereocenters. The molecule has 3 N–H and O–H groups in total. The first-order valence-electron chi connectivity index (χ1n) is 9.35. The lowest BCUT2D eigenvalue weighted by Gasteiger charge is -2.38. The van der Waals surface area contributed by atoms with E-state index >= 15 is 0 Å². The molecule has 2 heterocycles. The molecule has 186 valence electrons. The molecule has 1 amide bonds. The first-order valence-corrected chi connectivity index (χ1v) is 10.8. The molecule has 0 radical (unpaired) electrons. The summed E-state index contributed by atoms with van der Waals surface area (Å²) in [7, 11) is -6.19. The van der Waals surface area contributed by atoms with Crippen molar-refractivity contribution in [1.29, 1.82) is 0 Å². The Kier molecular flexibility index (Phi) is 7.65. The predicted molar refractivity (Wildman–Crippen MR) is 100 cm³/mol. The fourth-order valence-electron chi connectivity index (χ4n) is 3.35. The summed E-state index contributed by atoms with van der Waals surface area (Å²) in [6.07, 6.45) is -6.19. The zero-order chi connectivity index (χ0) is 25.4. The van der Waals surface area contributed by atoms with Crippen LogP contribution in [-0.4, -0.2) is 71.9 Å². The normalized spacial score (nSPS) is 21.6. The Balaban J connectivity index is 2.45. The maximum absolute atomic E-state index is 13.4. The Morgan fingerprint density at radius 2 is 1.85 bits per heavy atom. The third kappa shape index (κ3) is 5.73. The van der Waals surface area contributed by atoms with Crippen LogP contribution in [0, 0.1) is 0 Å². The molecule has 0 spiro atoms. The smallest absolute Gasteiger partial charge is 0.473 e. The molecular weight excluding hydrogens is 486 g/mol. The number of hydrogen-bond acceptors (Lipinski definition) is 7. The lowest BCUT2D eigenvalue weighted by molar-refractivity contribution is -0.174. The van der Waals surface area contributed by atoms with Crippen LogP contribution in [0.1, 0.15) is 30.6 Å². The first kappa shape index (κ1) is 26.8. The van der Waals surface area contributed by atoms with Crippen LogP contribution in [0.15, 0.2) is 18.3 Å². The monoisotopic (exact) mass is 506 g/mol. The molecule has 33 heavy (non-hydrogen) atoms. The van der Waals surface area contributed by atoms with Gasteiger partial charge >= 0.3 is 21.7 Å². The highest BCUT2D eigenvalue weighted by molar-refractivity contribution is 7.90. The van der Waals surface area contributed by atoms with Crippen LogP contribution in [-0.2, 0) is 14.8 Å². The van der Waals surface area contributed by atoms with E-state index in [-0.39, 0.29) is 22.3 Å². The molecule has 0 bridgehead atoms. The van der Waals surface area contributed by atoms with Gasteiger partial charge in [-0.25, -0.2) is 13.4 Å². The molecule has 2 rings (SSSR count). The maximum Gasteiger partial charge on any atom is 0.511 e. The van der Waals surface area contributed by atoms with Crippen LogP contribution in [0.2, 0.25) is 0 Å². The molecule has 1 aromatic rings. The molecule has 3 unspecified atom stereocenters. The van der Waals surface area contributed by atoms with Gasteiger partial charge in [0.1, 0.15) is 6.10 Å². The summed E-state index contributed by atoms with van der Waals surface area (Å²) < 4.78 is 109. The molecule has 1 fully saturated rings. The summed E-state index contributed by atoms with van der Waals surface area (Å²) in [6.45, 7) is 1.82. The molecule has 0 saturated carbocycles. The highest BCUT2D eigenvalue weighted by Crippen LogP contribution is 2.35. The van der Waals surface area contributed by atoms with E-state index in [2.05, 4.69) is 10.3 Å². The van der Waals surface area contributed by atoms with Crippen molar-refractivity contribution in [3.8, 4) is 5.88 Å². The third-order valence-corrected chi connectivity index (χ3v) is 6.80. The minimum atomic E-state index is -6.19. The van der Waals surface area contributed by atoms with Crippen molar-refractivity contribution in [2.24, 2.45) is 5.73 Å². The Morgan fingerprint density at radius 1 is 1.24 bits per heavy atom. The second-order valence-electron chi connectivity index (χ2n) is 7.24. The van der Waals surface area contributed by atoms with Gasteiger partial charge in [-0.15, -0.1) is 0 Å². The third-order valence-electron chi connectivity index (χ3n) is 5.05. The SMILES string of the molecule is CC(Oc1cc(C(N)=O)ccn1)[C@H](C)N(C1CCNC1C(=O)C(F)(F)F)S(=O)(=O)C(F)(F)F. The van der Waals surface area contributed by atoms with Gasteiger partial charge in [0, 0.05) is 23.9 Å². The standard InChI is InChI=1S/C17H20F6N4O5S/c1-8(9(2)32-12-7-10(15(24)29)3-5-25-12)27(33(30,31)17(21,22)23)11-4-6-26-13(11)14(28)16(18,19)20/h3,5,7-9,11,13,26H,4,6H2,1-2H3,(H2,24,29)/t8-,9?,11?,13?/m0/s1. The number of rotatable bonds is 8. The van der Waals surface area contributed by atoms with Gasteiger partial charge in [-0.1, -0.05) is 0 Å². The average Bonchev–Trinajstić information content (AvgIpc) is 3.14. The van der Waals surface area contributed by atoms with E-state index in [1.165, 1.54) is 6.07 Å². The molecular formula is C17H20F6N4O5S. The van der Waals surface area contributed by atoms with Crippen molar-refractivity contribution < 1.29 is 49.1 Å². The Morgan fingerprint density at radius 3 is 2.36 bits per heavy atom. The Bertz CT molecular complexity index is 1000. The Labute approximate surface area is 184 Å². The number of nitrogens with one attached hydrogen (secondary N) is 1. The van der Waals surface area contributed by atoms with E-state index in [0.29, 0.717) is 0 Å². The van der Waals surface area contributed by atoms with E-state index in [1.54, 1.807) is 0 Å². The summed E-state index contributed by atoms with van der Waals surface area (Å²) >= 11 is 0. The highest BCUT2D eigenvalue weighted by atomic mass is 32.2. The molecule has 1 saturated heterocycles. The number of ketones is 1. The number of nitrogens with zero attached hydrogens (tertiary/aromatic N) is 2. The van der Waals surface area contributed by atoms with Crippen LogP contribution < -0.4 is 15.8 Å². The van der Waals surface area contributed by atoms with Crippen molar-refractivity contribution >= 4 is 21.7 Å². The second kappa shape index (κ2) is 9.42. The van der Waals surface area contributed by atoms with Crippen LogP contribution in [0.5, 0.6) is 5.88 Å². The summed E-state index contributed by atoms with van der Waals surface area (Å²) in [5.41, 5.74) is -0.799. The summed E-state index contributed by atoms with van der Waals surface area (Å²) in [6, 6.07) is -3.66. The van der Waals surface area contributed by atoms with Crippen molar-refractivity contribution in [3.63, 3.8) is 0 Å². The van der Waals surface area contributed by atoms with Gasteiger partial charge < -0.3 is 15.8 Å². The molecule has 16 heteroatoms. The quantitative estimate of drug-likeness (QED) is 0.509. The minimum Gasteiger partial charge on any atom is -0.473 e. The number of halogens is 6. The van der Waals surface area contributed by atoms with Gasteiger partial charge in [-0.05, 0) is 32.9 Å². The summed E-state index contributed by atoms with van der Waals surface area (Å²) in [4.78, 5) is 26.8. The van der Waals surface area contributed by atoms with E-state index in [1.807, 2.05) is 0 Å². The van der Waals surface area contributed by atoms with E-state index in [0.717, 1.165) is 26.1 Å². The number of hydrogen-bond donors (Lipinski definition) is 2. The number of alkyl halides is 6. The van der Waals surface area contributed by atoms with Crippen LogP contribution in [0.25, 0.3) is 0 Å². The Hall–Kier alpha value is -2.46. The van der Waals surface area contributed by atoms with Crippen molar-refractivity contribution in [1.82, 2.24) is 14.6 Å². The lowest BCUT2D eigenvalue weighted by Crippen LogP contribution is -2.60. The number of Topliss-reactive ketones (excluding diaryl/α,β-unsaturated/α-hetero) is 1. The molecule has 1 aliphatic rings. The number of ether oxygens (including phenoxy) is 1. The van der Waals surface area contributed by atoms with Crippen LogP contribution >= 0.6 is 0 Å². The molecule has 0 aliphatic carbocycles. The second-order valence-corrected chi connectivity index (χ2v) is 9.08. The highest BCUT2D eigenvalue weighted by Gasteiger charge is 2.58. The topological polar surface area (TPSA) is 132 Å². The van der Waals surface area contributed by atoms with Gasteiger partial charge in [-0.2, -0.15) is 30.6 Å². The zero-order valence-corrected chi connectivity index (χ0v) is 18.0. The van der Waals surface area contributed by atoms with Crippen LogP contribution in [0.3, 0.4) is 0 Å². The maximum atomic E-state index is 13.4. The van der Waals surface area contributed by atoms with Crippen molar-refractivity contribution in [2.45, 2.75) is 56.2 Å². The fourth-order valence-corrected chi connectivity index (χ4v) is 4.78. The number of carbonyl (C=O) groups is 2. The van der Waals surface area contributed by atoms with E-state index in [4.69, 9.17) is 10.5 Å². The van der Waals surface area contributed by atoms with Gasteiger partial charge in [-0.3, -0.25) is 9.59 Å². The average molecular weight is 506 g/mol. The number of pyridine rings is 1. The largest absolute Gasteiger partial charge is 0.511 e. The minimum absolute atomic E-state index is 0.0598. The number of sulfonamides is 1. The van der Waals surface area contributed by atoms with Gasteiger partial charge in [0.2, 0.25) is 11.8 Å². The first-order chi connectivity index (χ1) is 15.0. The van der Waals surface area contributed by atoms with E-state index in [9.17, 15) is 44.3 Å². The summed E-state index contributed by atoms with van der Waals surface area (Å²) in [5.74, 6) is -3.55. The number of carbonyl (C=O) groups excluding carboxylic acids is 2. The zero-order valence-electron chi connectivity index (χ0n) is 17.1. The van der Waals surface area contributed by atoms with Crippen molar-refractivity contribution in [2.75, 3.05) is 6.54 Å². The van der Waals surface area contributed by atoms with Gasteiger partial charge in [0.25, 0.3) is 5.78 Å². The number of aromatic nitrogens is 1. The number of primary amides is 1. The number of nitrogens with two attached hydrogens (primary N) is 1. The molecule has 0 aromatic carbocycles. The summed E-state index contributed by atoms with van der Waals surface area (Å²) in [5, 5.41) is 2.13. The van der Waals surface area contributed by atoms with Crippen LogP contribution in [0.4, 0.5) is 26.3 Å². The van der Waals surface area contributed by atoms with Crippen molar-refractivity contribution in [3.05, 3.63) is 23.9 Å².